The van der Waals surface area contributed by atoms with Crippen molar-refractivity contribution in [3.05, 3.63) is 0 Å². The topological polar surface area (TPSA) is 75.6 Å². The predicted molar refractivity (Wildman–Crippen MR) is 55.6 cm³/mol. The lowest BCUT2D eigenvalue weighted by molar-refractivity contribution is -0.155. The second-order valence-corrected chi connectivity index (χ2v) is 4.35. The molecular formula is C10H19NO4. The lowest BCUT2D eigenvalue weighted by atomic mass is 10.2. The van der Waals surface area contributed by atoms with Crippen LogP contribution in [0.15, 0.2) is 0 Å². The molecule has 0 heterocycles. The van der Waals surface area contributed by atoms with E-state index in [4.69, 9.17) is 9.84 Å². The summed E-state index contributed by atoms with van der Waals surface area (Å²) in [6.07, 6.45) is 0.175. The first kappa shape index (κ1) is 13.9. The average Bonchev–Trinajstić information content (AvgIpc) is 2.00. The molecule has 1 atom stereocenters. The minimum absolute atomic E-state index is 0.175. The summed E-state index contributed by atoms with van der Waals surface area (Å²) < 4.78 is 5.05. The fourth-order valence-corrected chi connectivity index (χ4v) is 0.871. The maximum absolute atomic E-state index is 11.2. The number of esters is 1. The molecule has 0 aliphatic heterocycles. The van der Waals surface area contributed by atoms with Gasteiger partial charge in [-0.15, -0.1) is 0 Å². The second-order valence-electron chi connectivity index (χ2n) is 4.35. The molecule has 0 radical (unpaired) electrons. The molecule has 0 aromatic carbocycles. The van der Waals surface area contributed by atoms with Gasteiger partial charge in [-0.2, -0.15) is 0 Å². The summed E-state index contributed by atoms with van der Waals surface area (Å²) in [5.41, 5.74) is -0.491. The van der Waals surface area contributed by atoms with Gasteiger partial charge in [-0.1, -0.05) is 0 Å². The van der Waals surface area contributed by atoms with Crippen molar-refractivity contribution in [3.8, 4) is 0 Å². The number of carbonyl (C=O) groups is 2. The van der Waals surface area contributed by atoms with E-state index in [0.717, 1.165) is 0 Å². The second kappa shape index (κ2) is 5.70. The fraction of sp³-hybridized carbons (Fsp3) is 0.800. The van der Waals surface area contributed by atoms with Gasteiger partial charge in [0.15, 0.2) is 0 Å². The SMILES string of the molecule is CC(NCCC(=O)OC(C)(C)C)C(=O)O. The van der Waals surface area contributed by atoms with E-state index >= 15 is 0 Å². The van der Waals surface area contributed by atoms with Crippen LogP contribution >= 0.6 is 0 Å². The number of carbonyl (C=O) groups excluding carboxylic acids is 1. The minimum Gasteiger partial charge on any atom is -0.480 e. The van der Waals surface area contributed by atoms with E-state index in [1.165, 1.54) is 6.92 Å². The number of rotatable bonds is 5. The first-order valence-electron chi connectivity index (χ1n) is 4.90. The van der Waals surface area contributed by atoms with Crippen molar-refractivity contribution in [2.45, 2.75) is 45.8 Å². The third kappa shape index (κ3) is 7.93. The zero-order valence-corrected chi connectivity index (χ0v) is 9.66. The standard InChI is InChI=1S/C10H19NO4/c1-7(9(13)14)11-6-5-8(12)15-10(2,3)4/h7,11H,5-6H2,1-4H3,(H,13,14). The van der Waals surface area contributed by atoms with E-state index in [1.54, 1.807) is 20.8 Å². The molecule has 0 amide bonds. The summed E-state index contributed by atoms with van der Waals surface area (Å²) in [5.74, 6) is -1.26. The zero-order chi connectivity index (χ0) is 12.1. The van der Waals surface area contributed by atoms with E-state index in [-0.39, 0.29) is 12.4 Å². The number of carboxylic acids is 1. The smallest absolute Gasteiger partial charge is 0.320 e. The van der Waals surface area contributed by atoms with Crippen molar-refractivity contribution in [2.75, 3.05) is 6.54 Å². The van der Waals surface area contributed by atoms with Crippen molar-refractivity contribution in [1.82, 2.24) is 5.32 Å². The Labute approximate surface area is 89.8 Å². The highest BCUT2D eigenvalue weighted by molar-refractivity contribution is 5.73. The highest BCUT2D eigenvalue weighted by Crippen LogP contribution is 2.07. The molecule has 5 heteroatoms. The van der Waals surface area contributed by atoms with Crippen LogP contribution in [0.1, 0.15) is 34.1 Å². The van der Waals surface area contributed by atoms with Gasteiger partial charge in [0.25, 0.3) is 0 Å². The number of hydrogen-bond donors (Lipinski definition) is 2. The monoisotopic (exact) mass is 217 g/mol. The van der Waals surface area contributed by atoms with Crippen molar-refractivity contribution < 1.29 is 19.4 Å². The molecule has 0 spiro atoms. The minimum atomic E-state index is -0.931. The average molecular weight is 217 g/mol. The summed E-state index contributed by atoms with van der Waals surface area (Å²) >= 11 is 0. The molecule has 0 saturated carbocycles. The van der Waals surface area contributed by atoms with Gasteiger partial charge in [0.05, 0.1) is 6.42 Å². The molecule has 0 aliphatic carbocycles. The van der Waals surface area contributed by atoms with Crippen LogP contribution in [-0.4, -0.2) is 35.2 Å². The van der Waals surface area contributed by atoms with Gasteiger partial charge < -0.3 is 15.2 Å². The fourth-order valence-electron chi connectivity index (χ4n) is 0.871. The molecule has 0 aliphatic rings. The molecule has 1 unspecified atom stereocenters. The summed E-state index contributed by atoms with van der Waals surface area (Å²) in [4.78, 5) is 21.6. The maximum atomic E-state index is 11.2. The Bertz CT molecular complexity index is 232. The molecular weight excluding hydrogens is 198 g/mol. The Kier molecular flexibility index (Phi) is 5.28. The Balaban J connectivity index is 3.69. The van der Waals surface area contributed by atoms with E-state index < -0.39 is 17.6 Å². The number of ether oxygens (including phenoxy) is 1. The van der Waals surface area contributed by atoms with Crippen LogP contribution in [0.5, 0.6) is 0 Å². The van der Waals surface area contributed by atoms with Gasteiger partial charge >= 0.3 is 11.9 Å². The summed E-state index contributed by atoms with van der Waals surface area (Å²) in [6, 6.07) is -0.646. The molecule has 5 nitrogen and oxygen atoms in total. The zero-order valence-electron chi connectivity index (χ0n) is 9.66. The van der Waals surface area contributed by atoms with Crippen molar-refractivity contribution in [1.29, 1.82) is 0 Å². The number of hydrogen-bond acceptors (Lipinski definition) is 4. The van der Waals surface area contributed by atoms with Crippen molar-refractivity contribution in [3.63, 3.8) is 0 Å². The van der Waals surface area contributed by atoms with Gasteiger partial charge in [-0.25, -0.2) is 0 Å². The van der Waals surface area contributed by atoms with Crippen molar-refractivity contribution >= 4 is 11.9 Å². The lowest BCUT2D eigenvalue weighted by Gasteiger charge is -2.19. The molecule has 0 aromatic rings. The highest BCUT2D eigenvalue weighted by Gasteiger charge is 2.16. The van der Waals surface area contributed by atoms with E-state index in [9.17, 15) is 9.59 Å². The molecule has 88 valence electrons. The van der Waals surface area contributed by atoms with Crippen LogP contribution in [-0.2, 0) is 14.3 Å². The van der Waals surface area contributed by atoms with E-state index in [1.807, 2.05) is 0 Å². The summed E-state index contributed by atoms with van der Waals surface area (Å²) in [5, 5.41) is 11.3. The molecule has 0 bridgehead atoms. The van der Waals surface area contributed by atoms with E-state index in [0.29, 0.717) is 6.54 Å². The summed E-state index contributed by atoms with van der Waals surface area (Å²) in [6.45, 7) is 7.20. The van der Waals surface area contributed by atoms with Crippen LogP contribution < -0.4 is 5.32 Å². The number of carboxylic acid groups (broad SMARTS) is 1. The third-order valence-electron chi connectivity index (χ3n) is 1.57. The van der Waals surface area contributed by atoms with Crippen LogP contribution in [0, 0.1) is 0 Å². The predicted octanol–water partition coefficient (Wildman–Crippen LogP) is 0.781. The normalized spacial score (nSPS) is 13.3. The quantitative estimate of drug-likeness (QED) is 0.665. The highest BCUT2D eigenvalue weighted by atomic mass is 16.6. The van der Waals surface area contributed by atoms with Gasteiger partial charge in [-0.3, -0.25) is 9.59 Å². The first-order chi connectivity index (χ1) is 6.72. The van der Waals surface area contributed by atoms with Crippen LogP contribution in [0.25, 0.3) is 0 Å². The van der Waals surface area contributed by atoms with E-state index in [2.05, 4.69) is 5.32 Å². The largest absolute Gasteiger partial charge is 0.480 e. The molecule has 0 fully saturated rings. The van der Waals surface area contributed by atoms with Crippen LogP contribution in [0.2, 0.25) is 0 Å². The Morgan fingerprint density at radius 1 is 1.40 bits per heavy atom. The van der Waals surface area contributed by atoms with Gasteiger partial charge in [-0.05, 0) is 27.7 Å². The molecule has 0 aromatic heterocycles. The lowest BCUT2D eigenvalue weighted by Crippen LogP contribution is -2.35. The van der Waals surface area contributed by atoms with Gasteiger partial charge in [0, 0.05) is 6.54 Å². The Morgan fingerprint density at radius 2 is 1.93 bits per heavy atom. The van der Waals surface area contributed by atoms with Crippen LogP contribution in [0.4, 0.5) is 0 Å². The Morgan fingerprint density at radius 3 is 2.33 bits per heavy atom. The van der Waals surface area contributed by atoms with Crippen LogP contribution in [0.3, 0.4) is 0 Å². The number of nitrogens with one attached hydrogen (secondary N) is 1. The summed E-state index contributed by atoms with van der Waals surface area (Å²) in [7, 11) is 0. The number of aliphatic carboxylic acids is 1. The maximum Gasteiger partial charge on any atom is 0.320 e. The molecule has 15 heavy (non-hydrogen) atoms. The first-order valence-corrected chi connectivity index (χ1v) is 4.90. The molecule has 0 saturated heterocycles. The molecule has 0 rings (SSSR count). The Hall–Kier alpha value is -1.10. The van der Waals surface area contributed by atoms with Crippen molar-refractivity contribution in [2.24, 2.45) is 0 Å². The third-order valence-corrected chi connectivity index (χ3v) is 1.57. The van der Waals surface area contributed by atoms with Gasteiger partial charge in [0.2, 0.25) is 0 Å². The van der Waals surface area contributed by atoms with Gasteiger partial charge in [0.1, 0.15) is 11.6 Å². The molecule has 2 N–H and O–H groups in total.